The monoisotopic (exact) mass is 839 g/mol. The molecule has 0 bridgehead atoms. The molecule has 0 N–H and O–H groups in total. The first-order valence-electron chi connectivity index (χ1n) is 19.9. The summed E-state index contributed by atoms with van der Waals surface area (Å²) in [4.78, 5) is 20.3. The molecule has 0 aliphatic carbocycles. The van der Waals surface area contributed by atoms with Gasteiger partial charge in [-0.2, -0.15) is 26.3 Å². The minimum Gasteiger partial charge on any atom is -0.309 e. The highest BCUT2D eigenvalue weighted by Gasteiger charge is 2.34. The van der Waals surface area contributed by atoms with Crippen LogP contribution in [-0.2, 0) is 12.4 Å². The van der Waals surface area contributed by atoms with Crippen molar-refractivity contribution >= 4 is 21.8 Å². The second kappa shape index (κ2) is 15.5. The highest BCUT2D eigenvalue weighted by Crippen LogP contribution is 2.43. The Kier molecular flexibility index (Phi) is 9.67. The van der Waals surface area contributed by atoms with Gasteiger partial charge in [0.2, 0.25) is 0 Å². The fourth-order valence-corrected chi connectivity index (χ4v) is 7.85. The van der Waals surface area contributed by atoms with Crippen LogP contribution in [0, 0.1) is 0 Å². The van der Waals surface area contributed by atoms with Crippen LogP contribution in [0.4, 0.5) is 26.3 Å². The summed E-state index contributed by atoms with van der Waals surface area (Å²) >= 11 is 0. The minimum atomic E-state index is -4.74. The number of benzene rings is 7. The zero-order valence-corrected chi connectivity index (χ0v) is 32.9. The predicted octanol–water partition coefficient (Wildman–Crippen LogP) is 14.4. The van der Waals surface area contributed by atoms with Gasteiger partial charge in [-0.3, -0.25) is 0 Å². The van der Waals surface area contributed by atoms with Gasteiger partial charge in [-0.25, -0.2) is 19.9 Å². The number of alkyl halides is 6. The van der Waals surface area contributed by atoms with Gasteiger partial charge in [-0.1, -0.05) is 127 Å². The van der Waals surface area contributed by atoms with E-state index in [2.05, 4.69) is 0 Å². The average molecular weight is 840 g/mol. The van der Waals surface area contributed by atoms with Crippen molar-refractivity contribution in [1.82, 2.24) is 24.5 Å². The number of nitrogens with zero attached hydrogens (tertiary/aromatic N) is 5. The number of halogens is 6. The van der Waals surface area contributed by atoms with E-state index >= 15 is 0 Å². The van der Waals surface area contributed by atoms with Gasteiger partial charge in [-0.15, -0.1) is 0 Å². The predicted molar refractivity (Wildman–Crippen MR) is 235 cm³/mol. The van der Waals surface area contributed by atoms with Gasteiger partial charge >= 0.3 is 12.4 Å². The first kappa shape index (κ1) is 39.2. The Morgan fingerprint density at radius 1 is 0.333 bits per heavy atom. The lowest BCUT2D eigenvalue weighted by molar-refractivity contribution is -0.138. The molecule has 7 aromatic carbocycles. The van der Waals surface area contributed by atoms with Gasteiger partial charge in [-0.05, 0) is 60.7 Å². The normalized spacial score (nSPS) is 12.0. The van der Waals surface area contributed by atoms with E-state index in [4.69, 9.17) is 19.9 Å². The molecule has 0 aliphatic heterocycles. The van der Waals surface area contributed by atoms with Gasteiger partial charge < -0.3 is 4.57 Å². The van der Waals surface area contributed by atoms with Crippen molar-refractivity contribution in [2.45, 2.75) is 12.4 Å². The number of fused-ring (bicyclic) bond motifs is 3. The molecule has 0 radical (unpaired) electrons. The highest BCUT2D eigenvalue weighted by molar-refractivity contribution is 6.10. The van der Waals surface area contributed by atoms with Crippen LogP contribution in [0.5, 0.6) is 0 Å². The van der Waals surface area contributed by atoms with Crippen LogP contribution in [0.3, 0.4) is 0 Å². The molecule has 0 fully saturated rings. The summed E-state index contributed by atoms with van der Waals surface area (Å²) in [5.41, 5.74) is 5.75. The van der Waals surface area contributed by atoms with Crippen molar-refractivity contribution in [1.29, 1.82) is 0 Å². The van der Waals surface area contributed by atoms with E-state index in [1.807, 2.05) is 146 Å². The molecule has 10 aromatic rings. The molecule has 63 heavy (non-hydrogen) atoms. The van der Waals surface area contributed by atoms with Crippen molar-refractivity contribution in [2.75, 3.05) is 0 Å². The van der Waals surface area contributed by atoms with Gasteiger partial charge in [0, 0.05) is 44.2 Å². The fourth-order valence-electron chi connectivity index (χ4n) is 7.85. The maximum atomic E-state index is 14.2. The van der Waals surface area contributed by atoms with Gasteiger partial charge in [0.05, 0.1) is 50.6 Å². The van der Waals surface area contributed by atoms with Crippen molar-refractivity contribution in [3.05, 3.63) is 199 Å². The lowest BCUT2D eigenvalue weighted by atomic mass is 10.0. The molecule has 10 rings (SSSR count). The second-order valence-electron chi connectivity index (χ2n) is 14.9. The van der Waals surface area contributed by atoms with Crippen LogP contribution < -0.4 is 0 Å². The van der Waals surface area contributed by atoms with Crippen molar-refractivity contribution in [3.8, 4) is 73.5 Å². The largest absolute Gasteiger partial charge is 0.416 e. The summed E-state index contributed by atoms with van der Waals surface area (Å²) in [5, 5.41) is 0.00127. The summed E-state index contributed by atoms with van der Waals surface area (Å²) in [7, 11) is 0. The molecule has 0 saturated heterocycles. The maximum absolute atomic E-state index is 14.2. The summed E-state index contributed by atoms with van der Waals surface area (Å²) < 4.78 is 87.0. The second-order valence-corrected chi connectivity index (χ2v) is 14.9. The Labute approximate surface area is 356 Å². The van der Waals surface area contributed by atoms with E-state index in [0.29, 0.717) is 45.4 Å². The minimum absolute atomic E-state index is 0.000636. The number of aromatic nitrogens is 5. The Morgan fingerprint density at radius 2 is 0.714 bits per heavy atom. The summed E-state index contributed by atoms with van der Waals surface area (Å²) in [6, 6.07) is 53.9. The molecule has 306 valence electrons. The molecular weight excluding hydrogens is 809 g/mol. The number of rotatable bonds is 7. The van der Waals surface area contributed by atoms with E-state index in [0.717, 1.165) is 46.5 Å². The van der Waals surface area contributed by atoms with E-state index < -0.39 is 23.5 Å². The Balaban J connectivity index is 1.29. The molecule has 3 aromatic heterocycles. The van der Waals surface area contributed by atoms with Crippen molar-refractivity contribution < 1.29 is 26.3 Å². The van der Waals surface area contributed by atoms with Crippen LogP contribution in [0.2, 0.25) is 0 Å². The van der Waals surface area contributed by atoms with Crippen molar-refractivity contribution in [3.63, 3.8) is 0 Å². The van der Waals surface area contributed by atoms with Gasteiger partial charge in [0.15, 0.2) is 11.6 Å². The topological polar surface area (TPSA) is 56.5 Å². The first-order valence-corrected chi connectivity index (χ1v) is 19.9. The summed E-state index contributed by atoms with van der Waals surface area (Å²) in [6.45, 7) is 0. The molecule has 0 aliphatic rings. The molecule has 0 saturated carbocycles. The fraction of sp³-hybridized carbons (Fsp3) is 0.0385. The van der Waals surface area contributed by atoms with Crippen molar-refractivity contribution in [2.24, 2.45) is 0 Å². The third kappa shape index (κ3) is 7.58. The molecule has 0 spiro atoms. The molecule has 0 amide bonds. The Bertz CT molecular complexity index is 3110. The molecule has 3 heterocycles. The maximum Gasteiger partial charge on any atom is 0.416 e. The average Bonchev–Trinajstić information content (AvgIpc) is 3.64. The zero-order valence-electron chi connectivity index (χ0n) is 32.9. The SMILES string of the molecule is FC(F)(F)c1ccc2c(c1)c1cc(C(F)(F)F)ccc1n2-c1ccc(-c2cc(-c3ccccc3)nc(-c3ccccc3)n2)cc1-c1nc(-c2ccccc2)cc(-c2ccccc2)n1. The summed E-state index contributed by atoms with van der Waals surface area (Å²) in [5.74, 6) is 0.746. The lowest BCUT2D eigenvalue weighted by Gasteiger charge is -2.17. The lowest BCUT2D eigenvalue weighted by Crippen LogP contribution is -2.05. The third-order valence-corrected chi connectivity index (χ3v) is 10.9. The quantitative estimate of drug-likeness (QED) is 0.150. The molecule has 0 atom stereocenters. The summed E-state index contributed by atoms with van der Waals surface area (Å²) in [6.07, 6.45) is -9.49. The standard InChI is InChI=1S/C52H31F6N5/c53-51(54,55)37-22-25-46-39(28-37)40-29-38(52(56,57)58)23-26-47(40)63(46)48-24-21-36(45-31-42(32-13-5-1-6-14-32)59-49(60-45)35-19-11-4-12-20-35)27-41(48)50-61-43(33-15-7-2-8-16-33)30-44(62-50)34-17-9-3-10-18-34/h1-31H. The van der Waals surface area contributed by atoms with Crippen LogP contribution in [0.15, 0.2) is 188 Å². The molecular formula is C52H31F6N5. The van der Waals surface area contributed by atoms with Gasteiger partial charge in [0.1, 0.15) is 0 Å². The van der Waals surface area contributed by atoms with Crippen LogP contribution >= 0.6 is 0 Å². The van der Waals surface area contributed by atoms with E-state index in [-0.39, 0.29) is 27.6 Å². The number of hydrogen-bond acceptors (Lipinski definition) is 4. The third-order valence-electron chi connectivity index (χ3n) is 10.9. The molecule has 5 nitrogen and oxygen atoms in total. The van der Waals surface area contributed by atoms with Crippen LogP contribution in [0.25, 0.3) is 95.3 Å². The first-order chi connectivity index (χ1) is 30.5. The Hall–Kier alpha value is -7.92. The van der Waals surface area contributed by atoms with Crippen LogP contribution in [0.1, 0.15) is 11.1 Å². The van der Waals surface area contributed by atoms with Crippen LogP contribution in [-0.4, -0.2) is 24.5 Å². The van der Waals surface area contributed by atoms with E-state index in [1.54, 1.807) is 10.6 Å². The number of hydrogen-bond donors (Lipinski definition) is 0. The Morgan fingerprint density at radius 3 is 1.13 bits per heavy atom. The zero-order chi connectivity index (χ0) is 43.3. The smallest absolute Gasteiger partial charge is 0.309 e. The molecule has 11 heteroatoms. The highest BCUT2D eigenvalue weighted by atomic mass is 19.4. The van der Waals surface area contributed by atoms with Gasteiger partial charge in [0.25, 0.3) is 0 Å². The van der Waals surface area contributed by atoms with E-state index in [9.17, 15) is 26.3 Å². The molecule has 0 unspecified atom stereocenters. The van der Waals surface area contributed by atoms with E-state index in [1.165, 1.54) is 12.1 Å².